The van der Waals surface area contributed by atoms with Crippen LogP contribution in [0.15, 0.2) is 18.2 Å². The Morgan fingerprint density at radius 3 is 2.88 bits per heavy atom. The number of hydrogen-bond acceptors (Lipinski definition) is 5. The van der Waals surface area contributed by atoms with Crippen LogP contribution in [0, 0.1) is 34.9 Å². The first kappa shape index (κ1) is 21.2. The van der Waals surface area contributed by atoms with Crippen LogP contribution in [0.25, 0.3) is 0 Å². The van der Waals surface area contributed by atoms with Crippen molar-refractivity contribution in [2.75, 3.05) is 24.5 Å². The van der Waals surface area contributed by atoms with Crippen LogP contribution in [-0.4, -0.2) is 49.6 Å². The van der Waals surface area contributed by atoms with Gasteiger partial charge in [-0.25, -0.2) is 4.39 Å². The zero-order chi connectivity index (χ0) is 22.2. The van der Waals surface area contributed by atoms with Crippen molar-refractivity contribution in [2.45, 2.75) is 56.7 Å². The SMILES string of the molecule is N#C[C@H](Cc1ccc(N2CCC3C(=O)NCCC3C2)cc1F)NC(=O)C1NC2CCC1C2. The summed E-state index contributed by atoms with van der Waals surface area (Å²) < 4.78 is 14.9. The molecule has 0 spiro atoms. The molecule has 2 amide bonds. The average Bonchev–Trinajstić information content (AvgIpc) is 3.43. The number of hydrogen-bond donors (Lipinski definition) is 3. The molecular weight excluding hydrogens is 409 g/mol. The van der Waals surface area contributed by atoms with E-state index in [1.165, 1.54) is 6.07 Å². The lowest BCUT2D eigenvalue weighted by Gasteiger charge is -2.41. The molecule has 170 valence electrons. The standard InChI is InChI=1S/C24H30FN5O2/c25-21-11-19(30-8-6-20-16(13-30)5-7-27-23(20)31)4-2-14(21)9-18(12-26)29-24(32)22-15-1-3-17(10-15)28-22/h2,4,11,15-18,20,22,28H,1,3,5-10,13H2,(H,27,31)(H,29,32)/t15?,16?,17?,18-,20?,22?/m0/s1. The van der Waals surface area contributed by atoms with Gasteiger partial charge in [0.1, 0.15) is 11.9 Å². The fourth-order valence-corrected chi connectivity index (χ4v) is 6.08. The molecule has 0 radical (unpaired) electrons. The molecule has 2 bridgehead atoms. The Kier molecular flexibility index (Phi) is 5.76. The number of nitriles is 1. The van der Waals surface area contributed by atoms with Gasteiger partial charge in [-0.1, -0.05) is 6.07 Å². The smallest absolute Gasteiger partial charge is 0.238 e. The summed E-state index contributed by atoms with van der Waals surface area (Å²) >= 11 is 0. The molecule has 6 atom stereocenters. The van der Waals surface area contributed by atoms with E-state index in [2.05, 4.69) is 26.9 Å². The lowest BCUT2D eigenvalue weighted by Crippen LogP contribution is -2.51. The number of piperidine rings is 3. The normalized spacial score (nSPS) is 32.1. The van der Waals surface area contributed by atoms with Crippen LogP contribution in [0.3, 0.4) is 0 Å². The van der Waals surface area contributed by atoms with Gasteiger partial charge in [0, 0.05) is 43.7 Å². The molecule has 5 unspecified atom stereocenters. The Balaban J connectivity index is 1.21. The van der Waals surface area contributed by atoms with Crippen molar-refractivity contribution in [1.82, 2.24) is 16.0 Å². The van der Waals surface area contributed by atoms with E-state index in [0.29, 0.717) is 30.0 Å². The van der Waals surface area contributed by atoms with Crippen molar-refractivity contribution in [3.8, 4) is 6.07 Å². The molecule has 3 aliphatic heterocycles. The summed E-state index contributed by atoms with van der Waals surface area (Å²) in [6, 6.07) is 6.65. The summed E-state index contributed by atoms with van der Waals surface area (Å²) in [4.78, 5) is 26.8. The van der Waals surface area contributed by atoms with Gasteiger partial charge in [-0.3, -0.25) is 9.59 Å². The molecule has 1 aromatic rings. The molecule has 3 saturated heterocycles. The van der Waals surface area contributed by atoms with Crippen LogP contribution >= 0.6 is 0 Å². The second-order valence-electron chi connectivity index (χ2n) is 9.77. The van der Waals surface area contributed by atoms with Crippen molar-refractivity contribution in [2.24, 2.45) is 17.8 Å². The maximum absolute atomic E-state index is 14.9. The van der Waals surface area contributed by atoms with Crippen LogP contribution in [0.5, 0.6) is 0 Å². The lowest BCUT2D eigenvalue weighted by molar-refractivity contribution is -0.129. The van der Waals surface area contributed by atoms with Crippen LogP contribution < -0.4 is 20.9 Å². The maximum Gasteiger partial charge on any atom is 0.238 e. The third-order valence-corrected chi connectivity index (χ3v) is 7.83. The highest BCUT2D eigenvalue weighted by Crippen LogP contribution is 2.35. The van der Waals surface area contributed by atoms with E-state index < -0.39 is 6.04 Å². The first-order valence-corrected chi connectivity index (χ1v) is 11.8. The van der Waals surface area contributed by atoms with E-state index in [-0.39, 0.29) is 36.0 Å². The van der Waals surface area contributed by atoms with Gasteiger partial charge in [0.25, 0.3) is 0 Å². The van der Waals surface area contributed by atoms with Gasteiger partial charge in [0.2, 0.25) is 11.8 Å². The fourth-order valence-electron chi connectivity index (χ4n) is 6.08. The quantitative estimate of drug-likeness (QED) is 0.646. The summed E-state index contributed by atoms with van der Waals surface area (Å²) in [5, 5.41) is 18.6. The number of nitrogens with zero attached hydrogens (tertiary/aromatic N) is 2. The molecular formula is C24H30FN5O2. The zero-order valence-corrected chi connectivity index (χ0v) is 18.1. The number of nitrogens with one attached hydrogen (secondary N) is 3. The highest BCUT2D eigenvalue weighted by Gasteiger charge is 2.43. The second-order valence-corrected chi connectivity index (χ2v) is 9.77. The van der Waals surface area contributed by atoms with E-state index in [4.69, 9.17) is 0 Å². The zero-order valence-electron chi connectivity index (χ0n) is 18.1. The van der Waals surface area contributed by atoms with E-state index >= 15 is 0 Å². The molecule has 5 rings (SSSR count). The molecule has 7 nitrogen and oxygen atoms in total. The highest BCUT2D eigenvalue weighted by molar-refractivity contribution is 5.83. The van der Waals surface area contributed by atoms with E-state index in [1.54, 1.807) is 6.07 Å². The second kappa shape index (κ2) is 8.70. The van der Waals surface area contributed by atoms with Crippen molar-refractivity contribution in [3.63, 3.8) is 0 Å². The predicted molar refractivity (Wildman–Crippen MR) is 117 cm³/mol. The third-order valence-electron chi connectivity index (χ3n) is 7.83. The van der Waals surface area contributed by atoms with Crippen molar-refractivity contribution < 1.29 is 14.0 Å². The van der Waals surface area contributed by atoms with Crippen LogP contribution in [0.2, 0.25) is 0 Å². The number of amides is 2. The Labute approximate surface area is 187 Å². The molecule has 8 heteroatoms. The molecule has 4 aliphatic rings. The van der Waals surface area contributed by atoms with Gasteiger partial charge in [0.15, 0.2) is 0 Å². The third kappa shape index (κ3) is 4.06. The lowest BCUT2D eigenvalue weighted by atomic mass is 9.80. The van der Waals surface area contributed by atoms with Crippen LogP contribution in [0.4, 0.5) is 10.1 Å². The Bertz CT molecular complexity index is 947. The predicted octanol–water partition coefficient (Wildman–Crippen LogP) is 1.48. The number of fused-ring (bicyclic) bond motifs is 3. The summed E-state index contributed by atoms with van der Waals surface area (Å²) in [6.07, 6.45) is 5.05. The number of carbonyl (C=O) groups excluding carboxylic acids is 2. The van der Waals surface area contributed by atoms with Crippen molar-refractivity contribution in [1.29, 1.82) is 5.26 Å². The molecule has 0 aromatic heterocycles. The van der Waals surface area contributed by atoms with Crippen molar-refractivity contribution in [3.05, 3.63) is 29.6 Å². The molecule has 32 heavy (non-hydrogen) atoms. The first-order chi connectivity index (χ1) is 15.5. The number of carbonyl (C=O) groups is 2. The number of rotatable bonds is 5. The number of halogens is 1. The molecule has 3 heterocycles. The Morgan fingerprint density at radius 1 is 1.28 bits per heavy atom. The maximum atomic E-state index is 14.9. The number of anilines is 1. The molecule has 1 aromatic carbocycles. The minimum absolute atomic E-state index is 0.0636. The summed E-state index contributed by atoms with van der Waals surface area (Å²) in [5.41, 5.74) is 1.23. The monoisotopic (exact) mass is 439 g/mol. The Morgan fingerprint density at radius 2 is 2.16 bits per heavy atom. The van der Waals surface area contributed by atoms with E-state index in [1.807, 2.05) is 6.07 Å². The van der Waals surface area contributed by atoms with Crippen molar-refractivity contribution >= 4 is 17.5 Å². The minimum Gasteiger partial charge on any atom is -0.371 e. The van der Waals surface area contributed by atoms with Crippen LogP contribution in [-0.2, 0) is 16.0 Å². The van der Waals surface area contributed by atoms with Gasteiger partial charge in [0.05, 0.1) is 12.1 Å². The minimum atomic E-state index is -0.764. The van der Waals surface area contributed by atoms with Gasteiger partial charge in [-0.15, -0.1) is 0 Å². The summed E-state index contributed by atoms with van der Waals surface area (Å²) in [7, 11) is 0. The molecule has 1 saturated carbocycles. The topological polar surface area (TPSA) is 97.3 Å². The molecule has 4 fully saturated rings. The van der Waals surface area contributed by atoms with Gasteiger partial charge in [-0.05, 0) is 61.6 Å². The summed E-state index contributed by atoms with van der Waals surface area (Å²) in [6.45, 7) is 2.19. The highest BCUT2D eigenvalue weighted by atomic mass is 19.1. The van der Waals surface area contributed by atoms with Gasteiger partial charge in [-0.2, -0.15) is 5.26 Å². The Hall–Kier alpha value is -2.66. The van der Waals surface area contributed by atoms with E-state index in [0.717, 1.165) is 50.9 Å². The fraction of sp³-hybridized carbons (Fsp3) is 0.625. The van der Waals surface area contributed by atoms with Crippen LogP contribution in [0.1, 0.15) is 37.7 Å². The van der Waals surface area contributed by atoms with Gasteiger partial charge < -0.3 is 20.9 Å². The summed E-state index contributed by atoms with van der Waals surface area (Å²) in [5.74, 6) is 0.340. The largest absolute Gasteiger partial charge is 0.371 e. The molecule has 1 aliphatic carbocycles. The molecule has 3 N–H and O–H groups in total. The number of benzene rings is 1. The van der Waals surface area contributed by atoms with Gasteiger partial charge >= 0.3 is 0 Å². The first-order valence-electron chi connectivity index (χ1n) is 11.8. The van der Waals surface area contributed by atoms with E-state index in [9.17, 15) is 19.2 Å². The average molecular weight is 440 g/mol.